The minimum absolute atomic E-state index is 0.316. The number of nitrogens with zero attached hydrogens (tertiary/aromatic N) is 1. The van der Waals surface area contributed by atoms with E-state index >= 15 is 0 Å². The largest absolute Gasteiger partial charge is 0.388 e. The fraction of sp³-hybridized carbons (Fsp3) is 0.692. The van der Waals surface area contributed by atoms with Gasteiger partial charge in [0.05, 0.1) is 23.5 Å². The molecule has 0 amide bonds. The average Bonchev–Trinajstić information content (AvgIpc) is 2.86. The molecule has 0 saturated carbocycles. The molecule has 5 heteroatoms. The van der Waals surface area contributed by atoms with Gasteiger partial charge in [-0.3, -0.25) is 4.90 Å². The maximum Gasteiger partial charge on any atom is 0.0894 e. The number of hydrogen-bond acceptors (Lipinski definition) is 5. The van der Waals surface area contributed by atoms with E-state index in [0.29, 0.717) is 0 Å². The lowest BCUT2D eigenvalue weighted by atomic mass is 10.2. The van der Waals surface area contributed by atoms with Crippen molar-refractivity contribution in [3.8, 4) is 0 Å². The second kappa shape index (κ2) is 7.50. The van der Waals surface area contributed by atoms with Gasteiger partial charge in [-0.05, 0) is 24.3 Å². The Balaban J connectivity index is 1.77. The molecule has 3 nitrogen and oxygen atoms in total. The molecule has 1 N–H and O–H groups in total. The molecule has 2 heterocycles. The maximum atomic E-state index is 10.2. The number of aliphatic hydroxyl groups excluding tert-OH is 1. The summed E-state index contributed by atoms with van der Waals surface area (Å²) in [6, 6.07) is 4.18. The summed E-state index contributed by atoms with van der Waals surface area (Å²) in [6.07, 6.45) is 0.501. The van der Waals surface area contributed by atoms with Crippen LogP contribution in [-0.4, -0.2) is 48.6 Å². The van der Waals surface area contributed by atoms with Crippen molar-refractivity contribution in [2.24, 2.45) is 0 Å². The number of aliphatic hydroxyl groups is 1. The molecule has 0 radical (unpaired) electrons. The second-order valence-corrected chi connectivity index (χ2v) is 7.03. The summed E-state index contributed by atoms with van der Waals surface area (Å²) in [7, 11) is 0. The van der Waals surface area contributed by atoms with Crippen molar-refractivity contribution in [1.29, 1.82) is 0 Å². The number of hydrogen-bond donors (Lipinski definition) is 1. The molecule has 1 aliphatic rings. The first-order chi connectivity index (χ1) is 8.79. The van der Waals surface area contributed by atoms with Gasteiger partial charge in [-0.2, -0.15) is 0 Å². The standard InChI is InChI=1S/C13H21NO2S2/c1-2-17-13-4-3-12(18-13)11(15)5-6-14-7-9-16-10-8-14/h3-4,11,15H,2,5-10H2,1H3. The van der Waals surface area contributed by atoms with Gasteiger partial charge in [-0.15, -0.1) is 23.1 Å². The van der Waals surface area contributed by atoms with Crippen molar-refractivity contribution in [3.63, 3.8) is 0 Å². The summed E-state index contributed by atoms with van der Waals surface area (Å²) in [4.78, 5) is 3.46. The molecule has 1 saturated heterocycles. The highest BCUT2D eigenvalue weighted by Crippen LogP contribution is 2.31. The number of ether oxygens (including phenoxy) is 1. The zero-order valence-electron chi connectivity index (χ0n) is 10.8. The van der Waals surface area contributed by atoms with Gasteiger partial charge in [0.25, 0.3) is 0 Å². The lowest BCUT2D eigenvalue weighted by molar-refractivity contribution is 0.0303. The Labute approximate surface area is 117 Å². The van der Waals surface area contributed by atoms with Gasteiger partial charge in [0.2, 0.25) is 0 Å². The molecule has 1 fully saturated rings. The van der Waals surface area contributed by atoms with Crippen molar-refractivity contribution >= 4 is 23.1 Å². The lowest BCUT2D eigenvalue weighted by Crippen LogP contribution is -2.37. The SMILES string of the molecule is CCSc1ccc(C(O)CCN2CCOCC2)s1. The minimum atomic E-state index is -0.316. The Hall–Kier alpha value is -0.0700. The van der Waals surface area contributed by atoms with Gasteiger partial charge < -0.3 is 9.84 Å². The molecule has 1 atom stereocenters. The van der Waals surface area contributed by atoms with Crippen LogP contribution in [-0.2, 0) is 4.74 Å². The number of morpholine rings is 1. The van der Waals surface area contributed by atoms with E-state index in [1.807, 2.05) is 11.8 Å². The topological polar surface area (TPSA) is 32.7 Å². The monoisotopic (exact) mass is 287 g/mol. The first-order valence-corrected chi connectivity index (χ1v) is 8.30. The van der Waals surface area contributed by atoms with Crippen LogP contribution in [0, 0.1) is 0 Å². The highest BCUT2D eigenvalue weighted by molar-refractivity contribution is 8.01. The Kier molecular flexibility index (Phi) is 5.98. The molecule has 1 aromatic heterocycles. The fourth-order valence-corrected chi connectivity index (χ4v) is 4.09. The van der Waals surface area contributed by atoms with Crippen molar-refractivity contribution in [1.82, 2.24) is 4.90 Å². The number of thioether (sulfide) groups is 1. The normalized spacial score (nSPS) is 19.0. The zero-order chi connectivity index (χ0) is 12.8. The van der Waals surface area contributed by atoms with E-state index < -0.39 is 0 Å². The Morgan fingerprint density at radius 3 is 2.94 bits per heavy atom. The smallest absolute Gasteiger partial charge is 0.0894 e. The quantitative estimate of drug-likeness (QED) is 0.815. The van der Waals surface area contributed by atoms with Crippen LogP contribution in [0.4, 0.5) is 0 Å². The number of rotatable bonds is 6. The van der Waals surface area contributed by atoms with E-state index in [1.165, 1.54) is 4.21 Å². The fourth-order valence-electron chi connectivity index (χ4n) is 2.01. The van der Waals surface area contributed by atoms with E-state index in [4.69, 9.17) is 4.74 Å². The third kappa shape index (κ3) is 4.24. The van der Waals surface area contributed by atoms with Gasteiger partial charge in [0.15, 0.2) is 0 Å². The predicted molar refractivity (Wildman–Crippen MR) is 77.6 cm³/mol. The Bertz CT molecular complexity index is 351. The number of thiophene rings is 1. The van der Waals surface area contributed by atoms with Crippen LogP contribution < -0.4 is 0 Å². The summed E-state index contributed by atoms with van der Waals surface area (Å²) in [5.74, 6) is 1.09. The van der Waals surface area contributed by atoms with Crippen LogP contribution in [0.15, 0.2) is 16.3 Å². The highest BCUT2D eigenvalue weighted by atomic mass is 32.2. The molecule has 1 unspecified atom stereocenters. The Morgan fingerprint density at radius 1 is 1.44 bits per heavy atom. The van der Waals surface area contributed by atoms with Crippen molar-refractivity contribution in [2.75, 3.05) is 38.6 Å². The molecular formula is C13H21NO2S2. The summed E-state index contributed by atoms with van der Waals surface area (Å²) in [6.45, 7) is 6.75. The molecule has 18 heavy (non-hydrogen) atoms. The molecular weight excluding hydrogens is 266 g/mol. The van der Waals surface area contributed by atoms with Crippen LogP contribution in [0.5, 0.6) is 0 Å². The first kappa shape index (κ1) is 14.3. The molecule has 1 aliphatic heterocycles. The van der Waals surface area contributed by atoms with E-state index in [2.05, 4.69) is 24.0 Å². The third-order valence-electron chi connectivity index (χ3n) is 3.04. The van der Waals surface area contributed by atoms with Crippen LogP contribution in [0.25, 0.3) is 0 Å². The van der Waals surface area contributed by atoms with Crippen molar-refractivity contribution in [3.05, 3.63) is 17.0 Å². The zero-order valence-corrected chi connectivity index (χ0v) is 12.4. The molecule has 0 bridgehead atoms. The summed E-state index contributed by atoms with van der Waals surface area (Å²) >= 11 is 3.56. The lowest BCUT2D eigenvalue weighted by Gasteiger charge is -2.27. The van der Waals surface area contributed by atoms with E-state index in [-0.39, 0.29) is 6.10 Å². The van der Waals surface area contributed by atoms with Gasteiger partial charge in [-0.1, -0.05) is 6.92 Å². The van der Waals surface area contributed by atoms with E-state index in [9.17, 15) is 5.11 Å². The average molecular weight is 287 g/mol. The van der Waals surface area contributed by atoms with Crippen LogP contribution >= 0.6 is 23.1 Å². The van der Waals surface area contributed by atoms with Gasteiger partial charge in [0, 0.05) is 24.5 Å². The maximum absolute atomic E-state index is 10.2. The summed E-state index contributed by atoms with van der Waals surface area (Å²) in [5.41, 5.74) is 0. The first-order valence-electron chi connectivity index (χ1n) is 6.50. The Morgan fingerprint density at radius 2 is 2.22 bits per heavy atom. The van der Waals surface area contributed by atoms with Gasteiger partial charge in [-0.25, -0.2) is 0 Å². The van der Waals surface area contributed by atoms with Crippen LogP contribution in [0.1, 0.15) is 24.3 Å². The molecule has 0 spiro atoms. The second-order valence-electron chi connectivity index (χ2n) is 4.35. The molecule has 2 rings (SSSR count). The molecule has 102 valence electrons. The van der Waals surface area contributed by atoms with Crippen LogP contribution in [0.2, 0.25) is 0 Å². The predicted octanol–water partition coefficient (Wildman–Crippen LogP) is 2.62. The molecule has 0 aromatic carbocycles. The van der Waals surface area contributed by atoms with Crippen LogP contribution in [0.3, 0.4) is 0 Å². The summed E-state index contributed by atoms with van der Waals surface area (Å²) < 4.78 is 6.62. The van der Waals surface area contributed by atoms with Crippen molar-refractivity contribution in [2.45, 2.75) is 23.7 Å². The van der Waals surface area contributed by atoms with Gasteiger partial charge >= 0.3 is 0 Å². The highest BCUT2D eigenvalue weighted by Gasteiger charge is 2.15. The third-order valence-corrected chi connectivity index (χ3v) is 5.33. The van der Waals surface area contributed by atoms with Gasteiger partial charge in [0.1, 0.15) is 0 Å². The van der Waals surface area contributed by atoms with E-state index in [1.54, 1.807) is 11.3 Å². The molecule has 0 aliphatic carbocycles. The summed E-state index contributed by atoms with van der Waals surface area (Å²) in [5, 5.41) is 10.2. The molecule has 1 aromatic rings. The minimum Gasteiger partial charge on any atom is -0.388 e. The van der Waals surface area contributed by atoms with E-state index in [0.717, 1.165) is 49.9 Å². The van der Waals surface area contributed by atoms with Crippen molar-refractivity contribution < 1.29 is 9.84 Å².